The first-order valence-electron chi connectivity index (χ1n) is 9.61. The largest absolute Gasteiger partial charge is 0.465 e. The highest BCUT2D eigenvalue weighted by atomic mass is 32.2. The van der Waals surface area contributed by atoms with Gasteiger partial charge in [0.15, 0.2) is 0 Å². The number of benzene rings is 1. The maximum Gasteiger partial charge on any atom is 0.240 e. The van der Waals surface area contributed by atoms with Crippen LogP contribution in [0.3, 0.4) is 0 Å². The molecule has 2 aliphatic rings. The van der Waals surface area contributed by atoms with E-state index >= 15 is 0 Å². The number of nitrogens with zero attached hydrogens (tertiary/aromatic N) is 1. The second kappa shape index (κ2) is 6.74. The molecule has 150 valence electrons. The first-order valence-corrected chi connectivity index (χ1v) is 11.1. The Labute approximate surface area is 166 Å². The Balaban J connectivity index is 1.48. The van der Waals surface area contributed by atoms with Crippen molar-refractivity contribution in [2.75, 3.05) is 6.54 Å². The van der Waals surface area contributed by atoms with Crippen molar-refractivity contribution in [3.8, 4) is 0 Å². The Hall–Kier alpha value is -2.12. The van der Waals surface area contributed by atoms with E-state index in [1.807, 2.05) is 17.9 Å². The molecule has 1 atom stereocenters. The standard InChI is InChI=1S/C21H26N2O4S/c1-14-4-6-17(27-14)12-22-28(25,26)18-7-5-15-8-9-23(13-16(15)10-18)20(24)19-11-21(19,2)3/h4-7,10,19,22H,8-9,11-13H2,1-3H3/t19-/m0/s1. The quantitative estimate of drug-likeness (QED) is 0.834. The molecular weight excluding hydrogens is 376 g/mol. The highest BCUT2D eigenvalue weighted by Crippen LogP contribution is 2.52. The molecule has 0 bridgehead atoms. The summed E-state index contributed by atoms with van der Waals surface area (Å²) in [5.41, 5.74) is 2.12. The molecule has 1 N–H and O–H groups in total. The summed E-state index contributed by atoms with van der Waals surface area (Å²) in [6, 6.07) is 8.76. The zero-order valence-electron chi connectivity index (χ0n) is 16.5. The van der Waals surface area contributed by atoms with Gasteiger partial charge in [-0.2, -0.15) is 0 Å². The average Bonchev–Trinajstić information content (AvgIpc) is 3.09. The summed E-state index contributed by atoms with van der Waals surface area (Å²) < 4.78 is 33.4. The number of carbonyl (C=O) groups excluding carboxylic acids is 1. The summed E-state index contributed by atoms with van der Waals surface area (Å²) in [5.74, 6) is 1.60. The number of fused-ring (bicyclic) bond motifs is 1. The van der Waals surface area contributed by atoms with Crippen LogP contribution < -0.4 is 4.72 Å². The van der Waals surface area contributed by atoms with Gasteiger partial charge in [-0.1, -0.05) is 19.9 Å². The van der Waals surface area contributed by atoms with Crippen molar-refractivity contribution >= 4 is 15.9 Å². The van der Waals surface area contributed by atoms with Crippen molar-refractivity contribution in [2.24, 2.45) is 11.3 Å². The van der Waals surface area contributed by atoms with Gasteiger partial charge in [0.05, 0.1) is 11.4 Å². The van der Waals surface area contributed by atoms with Gasteiger partial charge in [0.1, 0.15) is 11.5 Å². The van der Waals surface area contributed by atoms with Gasteiger partial charge in [0.25, 0.3) is 0 Å². The van der Waals surface area contributed by atoms with Crippen LogP contribution in [0.1, 0.15) is 42.9 Å². The molecule has 4 rings (SSSR count). The molecule has 6 nitrogen and oxygen atoms in total. The number of hydrogen-bond acceptors (Lipinski definition) is 4. The van der Waals surface area contributed by atoms with Crippen molar-refractivity contribution in [1.82, 2.24) is 9.62 Å². The molecule has 28 heavy (non-hydrogen) atoms. The van der Waals surface area contributed by atoms with Gasteiger partial charge in [-0.15, -0.1) is 0 Å². The van der Waals surface area contributed by atoms with Gasteiger partial charge in [0, 0.05) is 19.0 Å². The summed E-state index contributed by atoms with van der Waals surface area (Å²) in [4.78, 5) is 14.8. The lowest BCUT2D eigenvalue weighted by Gasteiger charge is -2.30. The Kier molecular flexibility index (Phi) is 4.62. The van der Waals surface area contributed by atoms with Gasteiger partial charge in [-0.25, -0.2) is 13.1 Å². The van der Waals surface area contributed by atoms with Gasteiger partial charge in [0.2, 0.25) is 15.9 Å². The SMILES string of the molecule is Cc1ccc(CNS(=O)(=O)c2ccc3c(c2)CN(C(=O)[C@@H]2CC2(C)C)CC3)o1. The number of aryl methyl sites for hydroxylation is 1. The van der Waals surface area contributed by atoms with E-state index in [4.69, 9.17) is 4.42 Å². The zero-order chi connectivity index (χ0) is 20.1. The second-order valence-electron chi connectivity index (χ2n) is 8.52. The van der Waals surface area contributed by atoms with Crippen LogP contribution in [0.4, 0.5) is 0 Å². The number of sulfonamides is 1. The molecular formula is C21H26N2O4S. The lowest BCUT2D eigenvalue weighted by molar-refractivity contribution is -0.134. The lowest BCUT2D eigenvalue weighted by Crippen LogP contribution is -2.37. The molecule has 1 aliphatic carbocycles. The van der Waals surface area contributed by atoms with Crippen LogP contribution >= 0.6 is 0 Å². The third-order valence-electron chi connectivity index (χ3n) is 5.86. The molecule has 1 aliphatic heterocycles. The van der Waals surface area contributed by atoms with Gasteiger partial charge < -0.3 is 9.32 Å². The van der Waals surface area contributed by atoms with Gasteiger partial charge in [-0.3, -0.25) is 4.79 Å². The van der Waals surface area contributed by atoms with E-state index in [0.717, 1.165) is 29.7 Å². The van der Waals surface area contributed by atoms with E-state index in [1.54, 1.807) is 24.3 Å². The van der Waals surface area contributed by atoms with Crippen LogP contribution in [0.25, 0.3) is 0 Å². The van der Waals surface area contributed by atoms with Crippen LogP contribution in [-0.2, 0) is 34.3 Å². The maximum absolute atomic E-state index is 12.7. The molecule has 0 unspecified atom stereocenters. The first-order chi connectivity index (χ1) is 13.2. The third-order valence-corrected chi connectivity index (χ3v) is 7.25. The summed E-state index contributed by atoms with van der Waals surface area (Å²) in [7, 11) is -3.66. The number of hydrogen-bond donors (Lipinski definition) is 1. The van der Waals surface area contributed by atoms with E-state index in [1.165, 1.54) is 0 Å². The van der Waals surface area contributed by atoms with Crippen molar-refractivity contribution in [2.45, 2.75) is 51.6 Å². The van der Waals surface area contributed by atoms with Crippen molar-refractivity contribution in [3.63, 3.8) is 0 Å². The minimum Gasteiger partial charge on any atom is -0.465 e. The Morgan fingerprint density at radius 1 is 1.25 bits per heavy atom. The van der Waals surface area contributed by atoms with Crippen LogP contribution in [-0.4, -0.2) is 25.8 Å². The molecule has 7 heteroatoms. The highest BCUT2D eigenvalue weighted by Gasteiger charge is 2.52. The molecule has 1 aromatic carbocycles. The van der Waals surface area contributed by atoms with E-state index in [-0.39, 0.29) is 28.7 Å². The fourth-order valence-corrected chi connectivity index (χ4v) is 4.87. The summed E-state index contributed by atoms with van der Waals surface area (Å²) >= 11 is 0. The van der Waals surface area contributed by atoms with Crippen molar-refractivity contribution in [3.05, 3.63) is 53.0 Å². The first kappa shape index (κ1) is 19.2. The minimum absolute atomic E-state index is 0.0939. The third kappa shape index (κ3) is 3.73. The number of nitrogens with one attached hydrogen (secondary N) is 1. The van der Waals surface area contributed by atoms with Crippen LogP contribution in [0.2, 0.25) is 0 Å². The lowest BCUT2D eigenvalue weighted by atomic mass is 9.99. The Morgan fingerprint density at radius 2 is 2.00 bits per heavy atom. The highest BCUT2D eigenvalue weighted by molar-refractivity contribution is 7.89. The Morgan fingerprint density at radius 3 is 2.64 bits per heavy atom. The van der Waals surface area contributed by atoms with E-state index < -0.39 is 10.0 Å². The molecule has 1 saturated carbocycles. The predicted octanol–water partition coefficient (Wildman–Crippen LogP) is 3.00. The topological polar surface area (TPSA) is 79.6 Å². The van der Waals surface area contributed by atoms with Crippen LogP contribution in [0, 0.1) is 18.3 Å². The molecule has 1 amide bonds. The zero-order valence-corrected chi connectivity index (χ0v) is 17.3. The van der Waals surface area contributed by atoms with E-state index in [9.17, 15) is 13.2 Å². The molecule has 2 heterocycles. The molecule has 0 spiro atoms. The number of amides is 1. The minimum atomic E-state index is -3.66. The van der Waals surface area contributed by atoms with Crippen molar-refractivity contribution in [1.29, 1.82) is 0 Å². The fraction of sp³-hybridized carbons (Fsp3) is 0.476. The molecule has 1 fully saturated rings. The van der Waals surface area contributed by atoms with Crippen molar-refractivity contribution < 1.29 is 17.6 Å². The van der Waals surface area contributed by atoms with Gasteiger partial charge >= 0.3 is 0 Å². The number of furan rings is 1. The normalized spacial score (nSPS) is 20.7. The van der Waals surface area contributed by atoms with Gasteiger partial charge in [-0.05, 0) is 60.6 Å². The molecule has 2 aromatic rings. The Bertz CT molecular complexity index is 1020. The average molecular weight is 403 g/mol. The summed E-state index contributed by atoms with van der Waals surface area (Å²) in [5, 5.41) is 0. The smallest absolute Gasteiger partial charge is 0.240 e. The van der Waals surface area contributed by atoms with Crippen LogP contribution in [0.5, 0.6) is 0 Å². The maximum atomic E-state index is 12.7. The van der Waals surface area contributed by atoms with E-state index in [0.29, 0.717) is 18.8 Å². The molecule has 0 saturated heterocycles. The number of rotatable bonds is 5. The fourth-order valence-electron chi connectivity index (χ4n) is 3.83. The molecule has 0 radical (unpaired) electrons. The summed E-state index contributed by atoms with van der Waals surface area (Å²) in [6.45, 7) is 7.32. The second-order valence-corrected chi connectivity index (χ2v) is 10.3. The number of carbonyl (C=O) groups is 1. The van der Waals surface area contributed by atoms with Crippen LogP contribution in [0.15, 0.2) is 39.6 Å². The predicted molar refractivity (Wildman–Crippen MR) is 105 cm³/mol. The molecule has 1 aromatic heterocycles. The monoisotopic (exact) mass is 402 g/mol. The van der Waals surface area contributed by atoms with E-state index in [2.05, 4.69) is 18.6 Å². The summed E-state index contributed by atoms with van der Waals surface area (Å²) in [6.07, 6.45) is 1.69.